The lowest BCUT2D eigenvalue weighted by molar-refractivity contribution is 0.376. The molecule has 0 spiro atoms. The van der Waals surface area contributed by atoms with Crippen LogP contribution in [0, 0.1) is 12.3 Å². The number of aromatic nitrogens is 1. The quantitative estimate of drug-likeness (QED) is 0.255. The first-order valence-electron chi connectivity index (χ1n) is 14.1. The first kappa shape index (κ1) is 22.3. The van der Waals surface area contributed by atoms with Gasteiger partial charge in [-0.15, -0.1) is 0 Å². The van der Waals surface area contributed by atoms with Crippen LogP contribution in [0.5, 0.6) is 0 Å². The van der Waals surface area contributed by atoms with E-state index >= 15 is 0 Å². The van der Waals surface area contributed by atoms with Crippen molar-refractivity contribution in [3.63, 3.8) is 0 Å². The van der Waals surface area contributed by atoms with E-state index in [1.165, 1.54) is 100 Å². The molecule has 0 saturated heterocycles. The maximum atomic E-state index is 5.53. The highest BCUT2D eigenvalue weighted by atomic mass is 14.7. The van der Waals surface area contributed by atoms with Gasteiger partial charge in [0.2, 0.25) is 0 Å². The maximum Gasteiger partial charge on any atom is 0.0787 e. The van der Waals surface area contributed by atoms with E-state index in [-0.39, 0.29) is 0 Å². The summed E-state index contributed by atoms with van der Waals surface area (Å²) in [6.45, 7) is 7.14. The molecule has 1 unspecified atom stereocenters. The van der Waals surface area contributed by atoms with E-state index in [1.54, 1.807) is 5.56 Å². The highest BCUT2D eigenvalue weighted by Gasteiger charge is 2.33. The molecule has 1 nitrogen and oxygen atoms in total. The molecule has 0 bridgehead atoms. The normalized spacial score (nSPS) is 20.7. The molecular formula is C35H37N. The predicted molar refractivity (Wildman–Crippen MR) is 152 cm³/mol. The van der Waals surface area contributed by atoms with Crippen LogP contribution in [-0.2, 0) is 6.42 Å². The Bertz CT molecular complexity index is 1480. The second-order valence-electron chi connectivity index (χ2n) is 12.6. The number of fused-ring (bicyclic) bond motifs is 4. The second kappa shape index (κ2) is 8.30. The summed E-state index contributed by atoms with van der Waals surface area (Å²) in [4.78, 5) is 5.53. The molecule has 0 radical (unpaired) electrons. The Morgan fingerprint density at radius 2 is 1.58 bits per heavy atom. The zero-order valence-electron chi connectivity index (χ0n) is 22.0. The summed E-state index contributed by atoms with van der Waals surface area (Å²) in [5, 5.41) is 2.82. The molecule has 1 atom stereocenters. The minimum atomic E-state index is 0.445. The van der Waals surface area contributed by atoms with Gasteiger partial charge in [-0.2, -0.15) is 0 Å². The molecule has 1 heteroatoms. The molecule has 36 heavy (non-hydrogen) atoms. The third-order valence-electron chi connectivity index (χ3n) is 9.43. The topological polar surface area (TPSA) is 12.9 Å². The molecule has 1 aromatic heterocycles. The molecule has 1 heterocycles. The first-order valence-corrected chi connectivity index (χ1v) is 14.1. The van der Waals surface area contributed by atoms with E-state index in [9.17, 15) is 0 Å². The highest BCUT2D eigenvalue weighted by molar-refractivity contribution is 5.99. The molecule has 0 amide bonds. The van der Waals surface area contributed by atoms with Crippen LogP contribution in [0.4, 0.5) is 0 Å². The molecule has 2 saturated carbocycles. The molecule has 4 aromatic rings. The Labute approximate surface area is 216 Å². The van der Waals surface area contributed by atoms with Crippen molar-refractivity contribution < 1.29 is 0 Å². The molecule has 0 N–H and O–H groups in total. The van der Waals surface area contributed by atoms with Crippen LogP contribution in [0.1, 0.15) is 98.6 Å². The number of benzene rings is 3. The lowest BCUT2D eigenvalue weighted by atomic mass is 9.85. The van der Waals surface area contributed by atoms with Gasteiger partial charge < -0.3 is 0 Å². The first-order chi connectivity index (χ1) is 17.5. The second-order valence-corrected chi connectivity index (χ2v) is 12.6. The van der Waals surface area contributed by atoms with Crippen molar-refractivity contribution in [3.05, 3.63) is 88.6 Å². The zero-order valence-corrected chi connectivity index (χ0v) is 22.0. The summed E-state index contributed by atoms with van der Waals surface area (Å²) in [6.07, 6.45) is 10.2. The Morgan fingerprint density at radius 1 is 0.778 bits per heavy atom. The van der Waals surface area contributed by atoms with Crippen LogP contribution < -0.4 is 0 Å². The maximum absolute atomic E-state index is 5.53. The number of hydrogen-bond donors (Lipinski definition) is 0. The lowest BCUT2D eigenvalue weighted by Crippen LogP contribution is -2.06. The van der Waals surface area contributed by atoms with Gasteiger partial charge in [0.25, 0.3) is 0 Å². The van der Waals surface area contributed by atoms with Gasteiger partial charge in [-0.1, -0.05) is 75.2 Å². The number of hydrogen-bond acceptors (Lipinski definition) is 1. The van der Waals surface area contributed by atoms with E-state index in [4.69, 9.17) is 4.98 Å². The van der Waals surface area contributed by atoms with Crippen molar-refractivity contribution in [1.29, 1.82) is 0 Å². The van der Waals surface area contributed by atoms with Gasteiger partial charge in [-0.25, -0.2) is 0 Å². The predicted octanol–water partition coefficient (Wildman–Crippen LogP) is 9.73. The molecule has 0 aliphatic heterocycles. The monoisotopic (exact) mass is 471 g/mol. The largest absolute Gasteiger partial charge is 0.252 e. The number of nitrogens with zero attached hydrogens (tertiary/aromatic N) is 1. The van der Waals surface area contributed by atoms with E-state index in [2.05, 4.69) is 81.4 Å². The van der Waals surface area contributed by atoms with Crippen LogP contribution in [0.3, 0.4) is 0 Å². The van der Waals surface area contributed by atoms with Gasteiger partial charge >= 0.3 is 0 Å². The third kappa shape index (κ3) is 3.62. The molecule has 182 valence electrons. The minimum Gasteiger partial charge on any atom is -0.252 e. The summed E-state index contributed by atoms with van der Waals surface area (Å²) >= 11 is 0. The van der Waals surface area contributed by atoms with Crippen LogP contribution >= 0.6 is 0 Å². The van der Waals surface area contributed by atoms with Crippen LogP contribution in [0.2, 0.25) is 0 Å². The van der Waals surface area contributed by atoms with Crippen molar-refractivity contribution in [2.45, 2.75) is 84.0 Å². The van der Waals surface area contributed by atoms with Gasteiger partial charge in [0, 0.05) is 22.6 Å². The lowest BCUT2D eigenvalue weighted by Gasteiger charge is -2.21. The van der Waals surface area contributed by atoms with Crippen molar-refractivity contribution in [2.24, 2.45) is 5.41 Å². The Hall–Kier alpha value is -2.93. The van der Waals surface area contributed by atoms with Crippen molar-refractivity contribution >= 4 is 10.8 Å². The average Bonchev–Trinajstić information content (AvgIpc) is 3.61. The summed E-state index contributed by atoms with van der Waals surface area (Å²) in [7, 11) is 0. The fraction of sp³-hybridized carbons (Fsp3) is 0.400. The van der Waals surface area contributed by atoms with Gasteiger partial charge in [-0.3, -0.25) is 4.98 Å². The van der Waals surface area contributed by atoms with Gasteiger partial charge in [-0.05, 0) is 108 Å². The number of aryl methyl sites for hydroxylation is 1. The van der Waals surface area contributed by atoms with E-state index in [0.29, 0.717) is 17.3 Å². The van der Waals surface area contributed by atoms with E-state index < -0.39 is 0 Å². The summed E-state index contributed by atoms with van der Waals surface area (Å²) < 4.78 is 0. The molecular weight excluding hydrogens is 434 g/mol. The van der Waals surface area contributed by atoms with Crippen LogP contribution in [0.25, 0.3) is 33.2 Å². The van der Waals surface area contributed by atoms with Gasteiger partial charge in [0.15, 0.2) is 0 Å². The fourth-order valence-electron chi connectivity index (χ4n) is 7.60. The van der Waals surface area contributed by atoms with Crippen LogP contribution in [-0.4, -0.2) is 4.98 Å². The molecule has 3 aliphatic carbocycles. The Kier molecular flexibility index (Phi) is 5.14. The van der Waals surface area contributed by atoms with E-state index in [0.717, 1.165) is 6.42 Å². The molecule has 2 fully saturated rings. The van der Waals surface area contributed by atoms with Crippen LogP contribution in [0.15, 0.2) is 60.7 Å². The van der Waals surface area contributed by atoms with Crippen molar-refractivity contribution in [1.82, 2.24) is 4.98 Å². The number of pyridine rings is 1. The SMILES string of the molecule is Cc1cc2c(c(-c3nc(C4CCCC4)cc4c(C5CCC(C)(C)C5)cccc34)c1)Cc1ccccc1-2. The van der Waals surface area contributed by atoms with Gasteiger partial charge in [0.1, 0.15) is 0 Å². The fourth-order valence-corrected chi connectivity index (χ4v) is 7.60. The van der Waals surface area contributed by atoms with Crippen molar-refractivity contribution in [2.75, 3.05) is 0 Å². The van der Waals surface area contributed by atoms with E-state index in [1.807, 2.05) is 0 Å². The highest BCUT2D eigenvalue weighted by Crippen LogP contribution is 2.49. The standard InChI is InChI=1S/C35H37N/c1-22-17-29-26-12-7-6-11-24(26)19-30(29)32(18-22)34-28-14-8-13-27(25-15-16-35(2,3)21-25)31(28)20-33(36-34)23-9-4-5-10-23/h6-8,11-14,17-18,20,23,25H,4-5,9-10,15-16,19,21H2,1-3H3. The van der Waals surface area contributed by atoms with Crippen molar-refractivity contribution in [3.8, 4) is 22.4 Å². The summed E-state index contributed by atoms with van der Waals surface area (Å²) in [5.74, 6) is 1.26. The Morgan fingerprint density at radius 3 is 2.39 bits per heavy atom. The minimum absolute atomic E-state index is 0.445. The van der Waals surface area contributed by atoms with Gasteiger partial charge in [0.05, 0.1) is 5.69 Å². The zero-order chi connectivity index (χ0) is 24.4. The number of rotatable bonds is 3. The third-order valence-corrected chi connectivity index (χ3v) is 9.43. The summed E-state index contributed by atoms with van der Waals surface area (Å²) in [6, 6.07) is 23.3. The summed E-state index contributed by atoms with van der Waals surface area (Å²) in [5.41, 5.74) is 13.0. The molecule has 3 aromatic carbocycles. The molecule has 7 rings (SSSR count). The molecule has 3 aliphatic rings. The average molecular weight is 472 g/mol. The smallest absolute Gasteiger partial charge is 0.0787 e. The Balaban J connectivity index is 1.47.